The van der Waals surface area contributed by atoms with Gasteiger partial charge in [0.2, 0.25) is 0 Å². The number of hydrogen-bond donors (Lipinski definition) is 1. The smallest absolute Gasteiger partial charge is 0.339 e. The van der Waals surface area contributed by atoms with Crippen molar-refractivity contribution in [3.05, 3.63) is 28.2 Å². The minimum atomic E-state index is -0.286. The summed E-state index contributed by atoms with van der Waals surface area (Å²) in [6.07, 6.45) is 7.11. The summed E-state index contributed by atoms with van der Waals surface area (Å²) in [5.41, 5.74) is 0.525. The zero-order chi connectivity index (χ0) is 14.1. The van der Waals surface area contributed by atoms with Crippen LogP contribution in [0.3, 0.4) is 0 Å². The molecule has 0 heterocycles. The van der Waals surface area contributed by atoms with E-state index in [2.05, 4.69) is 35.5 Å². The molecule has 1 aromatic carbocycles. The minimum Gasteiger partial charge on any atom is -0.462 e. The van der Waals surface area contributed by atoms with Gasteiger partial charge in [-0.2, -0.15) is 0 Å². The van der Waals surface area contributed by atoms with Gasteiger partial charge in [-0.05, 0) is 24.6 Å². The Labute approximate surface area is 129 Å². The van der Waals surface area contributed by atoms with Crippen molar-refractivity contribution in [2.75, 3.05) is 6.61 Å². The fourth-order valence-corrected chi connectivity index (χ4v) is 2.65. The average Bonchev–Trinajstić information content (AvgIpc) is 2.37. The molecule has 0 aromatic heterocycles. The lowest BCUT2D eigenvalue weighted by Crippen LogP contribution is -2.07. The van der Waals surface area contributed by atoms with Gasteiger partial charge in [-0.25, -0.2) is 4.79 Å². The second-order valence-electron chi connectivity index (χ2n) is 4.57. The number of esters is 1. The Kier molecular flexibility index (Phi) is 8.22. The summed E-state index contributed by atoms with van der Waals surface area (Å²) >= 11 is 7.62. The van der Waals surface area contributed by atoms with Gasteiger partial charge in [0.15, 0.2) is 0 Å². The molecule has 0 amide bonds. The summed E-state index contributed by atoms with van der Waals surface area (Å²) in [6, 6.07) is 5.35. The molecule has 0 saturated heterocycles. The Hall–Kier alpha value is -0.480. The van der Waals surface area contributed by atoms with Gasteiger partial charge in [0, 0.05) is 9.37 Å². The van der Waals surface area contributed by atoms with Crippen LogP contribution in [0, 0.1) is 0 Å². The minimum absolute atomic E-state index is 0.286. The highest BCUT2D eigenvalue weighted by atomic mass is 79.9. The van der Waals surface area contributed by atoms with Gasteiger partial charge in [-0.15, -0.1) is 12.6 Å². The topological polar surface area (TPSA) is 26.3 Å². The molecular weight excluding hydrogens is 324 g/mol. The predicted molar refractivity (Wildman–Crippen MR) is 85.1 cm³/mol. The Morgan fingerprint density at radius 1 is 1.21 bits per heavy atom. The molecule has 0 aliphatic carbocycles. The monoisotopic (exact) mass is 344 g/mol. The van der Waals surface area contributed by atoms with Gasteiger partial charge in [0.05, 0.1) is 12.2 Å². The van der Waals surface area contributed by atoms with Gasteiger partial charge >= 0.3 is 5.97 Å². The summed E-state index contributed by atoms with van der Waals surface area (Å²) in [5, 5.41) is 0. The van der Waals surface area contributed by atoms with E-state index in [9.17, 15) is 4.79 Å². The second kappa shape index (κ2) is 9.43. The Balaban J connectivity index is 2.24. The molecule has 1 rings (SSSR count). The molecule has 1 aromatic rings. The van der Waals surface area contributed by atoms with Crippen molar-refractivity contribution < 1.29 is 9.53 Å². The molecule has 0 aliphatic heterocycles. The van der Waals surface area contributed by atoms with Crippen LogP contribution in [-0.4, -0.2) is 12.6 Å². The maximum absolute atomic E-state index is 11.8. The first-order valence-electron chi connectivity index (χ1n) is 6.80. The lowest BCUT2D eigenvalue weighted by atomic mass is 10.1. The van der Waals surface area contributed by atoms with Crippen LogP contribution in [0.4, 0.5) is 0 Å². The lowest BCUT2D eigenvalue weighted by molar-refractivity contribution is 0.0493. The maximum atomic E-state index is 11.8. The zero-order valence-electron chi connectivity index (χ0n) is 11.3. The molecule has 0 bridgehead atoms. The maximum Gasteiger partial charge on any atom is 0.339 e. The van der Waals surface area contributed by atoms with Crippen LogP contribution in [0.5, 0.6) is 0 Å². The highest BCUT2D eigenvalue weighted by Gasteiger charge is 2.10. The van der Waals surface area contributed by atoms with E-state index >= 15 is 0 Å². The van der Waals surface area contributed by atoms with Gasteiger partial charge in [-0.1, -0.05) is 55.0 Å². The van der Waals surface area contributed by atoms with Crippen molar-refractivity contribution in [3.8, 4) is 0 Å². The highest BCUT2D eigenvalue weighted by Crippen LogP contribution is 2.20. The van der Waals surface area contributed by atoms with Gasteiger partial charge in [0.25, 0.3) is 0 Å². The third-order valence-corrected chi connectivity index (χ3v) is 3.77. The third-order valence-electron chi connectivity index (χ3n) is 2.91. The number of unbranched alkanes of at least 4 members (excludes halogenated alkanes) is 5. The standard InChI is InChI=1S/C15H21BrO2S/c1-2-3-4-5-6-7-10-18-15(17)13-9-8-12(16)11-14(13)19/h8-9,11,19H,2-7,10H2,1H3. The SMILES string of the molecule is CCCCCCCCOC(=O)c1ccc(Br)cc1S. The van der Waals surface area contributed by atoms with Crippen molar-refractivity contribution in [2.45, 2.75) is 50.3 Å². The number of carbonyl (C=O) groups is 1. The summed E-state index contributed by atoms with van der Waals surface area (Å²) in [6.45, 7) is 2.70. The fraction of sp³-hybridized carbons (Fsp3) is 0.533. The number of carbonyl (C=O) groups excluding carboxylic acids is 1. The molecule has 0 atom stereocenters. The van der Waals surface area contributed by atoms with E-state index in [1.54, 1.807) is 12.1 Å². The van der Waals surface area contributed by atoms with E-state index < -0.39 is 0 Å². The van der Waals surface area contributed by atoms with Crippen molar-refractivity contribution in [1.82, 2.24) is 0 Å². The Morgan fingerprint density at radius 3 is 2.58 bits per heavy atom. The summed E-state index contributed by atoms with van der Waals surface area (Å²) in [7, 11) is 0. The summed E-state index contributed by atoms with van der Waals surface area (Å²) in [4.78, 5) is 12.5. The predicted octanol–water partition coefficient (Wildman–Crippen LogP) is 5.26. The van der Waals surface area contributed by atoms with Crippen LogP contribution < -0.4 is 0 Å². The average molecular weight is 345 g/mol. The number of thiol groups is 1. The lowest BCUT2D eigenvalue weighted by Gasteiger charge is -2.07. The molecule has 0 unspecified atom stereocenters. The number of rotatable bonds is 8. The van der Waals surface area contributed by atoms with E-state index in [1.807, 2.05) is 6.07 Å². The molecule has 0 aliphatic rings. The molecule has 0 N–H and O–H groups in total. The van der Waals surface area contributed by atoms with E-state index in [-0.39, 0.29) is 5.97 Å². The van der Waals surface area contributed by atoms with Crippen LogP contribution in [0.25, 0.3) is 0 Å². The van der Waals surface area contributed by atoms with Crippen molar-refractivity contribution in [2.24, 2.45) is 0 Å². The van der Waals surface area contributed by atoms with Crippen LogP contribution in [0.1, 0.15) is 55.8 Å². The first-order valence-corrected chi connectivity index (χ1v) is 8.04. The molecule has 0 saturated carbocycles. The number of halogens is 1. The quantitative estimate of drug-likeness (QED) is 0.395. The van der Waals surface area contributed by atoms with Gasteiger partial charge in [-0.3, -0.25) is 0 Å². The highest BCUT2D eigenvalue weighted by molar-refractivity contribution is 9.10. The van der Waals surface area contributed by atoms with E-state index in [1.165, 1.54) is 25.7 Å². The molecule has 0 radical (unpaired) electrons. The number of benzene rings is 1. The molecule has 2 nitrogen and oxygen atoms in total. The van der Waals surface area contributed by atoms with Crippen LogP contribution >= 0.6 is 28.6 Å². The summed E-state index contributed by atoms with van der Waals surface area (Å²) in [5.74, 6) is -0.286. The van der Waals surface area contributed by atoms with Crippen molar-refractivity contribution in [3.63, 3.8) is 0 Å². The van der Waals surface area contributed by atoms with Crippen molar-refractivity contribution >= 4 is 34.5 Å². The third kappa shape index (κ3) is 6.48. The second-order valence-corrected chi connectivity index (χ2v) is 5.96. The van der Waals surface area contributed by atoms with E-state index in [0.29, 0.717) is 17.1 Å². The number of ether oxygens (including phenoxy) is 1. The first kappa shape index (κ1) is 16.6. The van der Waals surface area contributed by atoms with Crippen LogP contribution in [0.2, 0.25) is 0 Å². The Bertz CT molecular complexity index is 407. The van der Waals surface area contributed by atoms with Crippen LogP contribution in [0.15, 0.2) is 27.6 Å². The van der Waals surface area contributed by atoms with Gasteiger partial charge < -0.3 is 4.74 Å². The summed E-state index contributed by atoms with van der Waals surface area (Å²) < 4.78 is 6.16. The molecule has 106 valence electrons. The normalized spacial score (nSPS) is 10.5. The molecular formula is C15H21BrO2S. The van der Waals surface area contributed by atoms with Crippen LogP contribution in [-0.2, 0) is 4.74 Å². The van der Waals surface area contributed by atoms with E-state index in [0.717, 1.165) is 17.3 Å². The molecule has 0 fully saturated rings. The fourth-order valence-electron chi connectivity index (χ4n) is 1.80. The van der Waals surface area contributed by atoms with E-state index in [4.69, 9.17) is 4.74 Å². The molecule has 19 heavy (non-hydrogen) atoms. The molecule has 4 heteroatoms. The molecule has 0 spiro atoms. The van der Waals surface area contributed by atoms with Crippen molar-refractivity contribution in [1.29, 1.82) is 0 Å². The largest absolute Gasteiger partial charge is 0.462 e. The number of hydrogen-bond acceptors (Lipinski definition) is 3. The Morgan fingerprint density at radius 2 is 1.89 bits per heavy atom. The first-order chi connectivity index (χ1) is 9.15. The van der Waals surface area contributed by atoms with Gasteiger partial charge in [0.1, 0.15) is 0 Å². The zero-order valence-corrected chi connectivity index (χ0v) is 13.8.